The van der Waals surface area contributed by atoms with Crippen molar-refractivity contribution >= 4 is 17.2 Å². The Hall–Kier alpha value is -2.87. The summed E-state index contributed by atoms with van der Waals surface area (Å²) in [5.41, 5.74) is 0. The molecule has 0 N–H and O–H groups in total. The molecule has 1 unspecified atom stereocenters. The Labute approximate surface area is 161 Å². The minimum atomic E-state index is -0.609. The lowest BCUT2D eigenvalue weighted by Gasteiger charge is -2.22. The molecular formula is C19H21N3O4S. The number of carbonyl (C=O) groups is 1. The fraction of sp³-hybridized carbons (Fsp3) is 0.316. The van der Waals surface area contributed by atoms with Crippen LogP contribution in [0.25, 0.3) is 10.7 Å². The molecule has 27 heavy (non-hydrogen) atoms. The maximum absolute atomic E-state index is 12.8. The third-order valence-electron chi connectivity index (χ3n) is 3.92. The van der Waals surface area contributed by atoms with Crippen LogP contribution < -0.4 is 9.47 Å². The van der Waals surface area contributed by atoms with E-state index in [4.69, 9.17) is 14.0 Å². The Kier molecular flexibility index (Phi) is 6.08. The molecule has 0 saturated carbocycles. The van der Waals surface area contributed by atoms with Gasteiger partial charge in [0, 0.05) is 13.1 Å². The molecule has 0 saturated heterocycles. The number of nitrogens with zero attached hydrogens (tertiary/aromatic N) is 3. The summed E-state index contributed by atoms with van der Waals surface area (Å²) >= 11 is 1.53. The van der Waals surface area contributed by atoms with Crippen LogP contribution in [0.3, 0.4) is 0 Å². The van der Waals surface area contributed by atoms with Crippen LogP contribution in [0.5, 0.6) is 11.5 Å². The van der Waals surface area contributed by atoms with Gasteiger partial charge in [-0.2, -0.15) is 4.98 Å². The fourth-order valence-corrected chi connectivity index (χ4v) is 3.15. The highest BCUT2D eigenvalue weighted by Crippen LogP contribution is 2.23. The van der Waals surface area contributed by atoms with Gasteiger partial charge in [-0.1, -0.05) is 24.2 Å². The quantitative estimate of drug-likeness (QED) is 0.587. The summed E-state index contributed by atoms with van der Waals surface area (Å²) in [6.07, 6.45) is -0.0770. The van der Waals surface area contributed by atoms with Gasteiger partial charge in [-0.15, -0.1) is 11.3 Å². The molecule has 0 spiro atoms. The van der Waals surface area contributed by atoms with Crippen molar-refractivity contribution in [1.82, 2.24) is 15.0 Å². The highest BCUT2D eigenvalue weighted by molar-refractivity contribution is 7.13. The molecule has 1 amide bonds. The molecular weight excluding hydrogens is 366 g/mol. The highest BCUT2D eigenvalue weighted by Gasteiger charge is 2.24. The van der Waals surface area contributed by atoms with Gasteiger partial charge in [-0.05, 0) is 30.0 Å². The van der Waals surface area contributed by atoms with Crippen LogP contribution in [0.15, 0.2) is 46.3 Å². The Morgan fingerprint density at radius 2 is 2.11 bits per heavy atom. The topological polar surface area (TPSA) is 77.7 Å². The average molecular weight is 387 g/mol. The maximum Gasteiger partial charge on any atom is 0.263 e. The summed E-state index contributed by atoms with van der Waals surface area (Å²) in [5.74, 6) is 2.01. The molecule has 8 heteroatoms. The van der Waals surface area contributed by atoms with E-state index >= 15 is 0 Å². The number of rotatable bonds is 8. The third kappa shape index (κ3) is 4.65. The van der Waals surface area contributed by atoms with Gasteiger partial charge in [0.15, 0.2) is 6.10 Å². The number of thiophene rings is 1. The Morgan fingerprint density at radius 1 is 1.30 bits per heavy atom. The van der Waals surface area contributed by atoms with Crippen molar-refractivity contribution in [1.29, 1.82) is 0 Å². The molecule has 7 nitrogen and oxygen atoms in total. The third-order valence-corrected chi connectivity index (χ3v) is 4.79. The van der Waals surface area contributed by atoms with Crippen molar-refractivity contribution in [3.05, 3.63) is 47.7 Å². The van der Waals surface area contributed by atoms with Gasteiger partial charge in [-0.25, -0.2) is 0 Å². The molecule has 0 fully saturated rings. The molecule has 0 radical (unpaired) electrons. The first-order valence-electron chi connectivity index (χ1n) is 8.53. The van der Waals surface area contributed by atoms with Gasteiger partial charge >= 0.3 is 0 Å². The van der Waals surface area contributed by atoms with E-state index in [0.717, 1.165) is 4.88 Å². The van der Waals surface area contributed by atoms with Crippen molar-refractivity contribution in [3.63, 3.8) is 0 Å². The van der Waals surface area contributed by atoms with Crippen molar-refractivity contribution in [2.75, 3.05) is 14.2 Å². The molecule has 3 rings (SSSR count). The molecule has 3 aromatic rings. The van der Waals surface area contributed by atoms with Crippen molar-refractivity contribution in [2.24, 2.45) is 0 Å². The van der Waals surface area contributed by atoms with E-state index in [1.807, 2.05) is 36.6 Å². The van der Waals surface area contributed by atoms with Crippen LogP contribution in [0.1, 0.15) is 19.2 Å². The van der Waals surface area contributed by atoms with Gasteiger partial charge in [0.25, 0.3) is 5.91 Å². The van der Waals surface area contributed by atoms with Gasteiger partial charge in [0.05, 0.1) is 18.5 Å². The predicted molar refractivity (Wildman–Crippen MR) is 102 cm³/mol. The minimum Gasteiger partial charge on any atom is -0.497 e. The van der Waals surface area contributed by atoms with Crippen molar-refractivity contribution in [2.45, 2.75) is 26.0 Å². The van der Waals surface area contributed by atoms with Crippen LogP contribution in [-0.2, 0) is 11.3 Å². The van der Waals surface area contributed by atoms with Crippen molar-refractivity contribution in [3.8, 4) is 22.2 Å². The molecule has 0 bridgehead atoms. The second-order valence-corrected chi connectivity index (χ2v) is 6.82. The van der Waals surface area contributed by atoms with Gasteiger partial charge < -0.3 is 18.9 Å². The summed E-state index contributed by atoms with van der Waals surface area (Å²) in [5, 5.41) is 5.91. The van der Waals surface area contributed by atoms with Crippen LogP contribution in [0, 0.1) is 0 Å². The first-order chi connectivity index (χ1) is 13.1. The lowest BCUT2D eigenvalue weighted by molar-refractivity contribution is -0.138. The zero-order valence-electron chi connectivity index (χ0n) is 15.4. The number of benzene rings is 1. The second kappa shape index (κ2) is 8.68. The summed E-state index contributed by atoms with van der Waals surface area (Å²) < 4.78 is 16.3. The van der Waals surface area contributed by atoms with E-state index < -0.39 is 6.10 Å². The zero-order valence-corrected chi connectivity index (χ0v) is 16.2. The molecule has 1 atom stereocenters. The zero-order chi connectivity index (χ0) is 19.2. The Morgan fingerprint density at radius 3 is 2.81 bits per heavy atom. The first-order valence-corrected chi connectivity index (χ1v) is 9.40. The first kappa shape index (κ1) is 18.9. The van der Waals surface area contributed by atoms with Gasteiger partial charge in [0.1, 0.15) is 11.5 Å². The smallest absolute Gasteiger partial charge is 0.263 e. The Bertz CT molecular complexity index is 879. The standard InChI is InChI=1S/C19H21N3O4S/c1-4-15(25-14-8-5-7-13(11-14)24-3)19(23)22(2)12-17-20-18(21-26-17)16-9-6-10-27-16/h5-11,15H,4,12H2,1-3H3. The Balaban J connectivity index is 1.64. The van der Waals surface area contributed by atoms with Gasteiger partial charge in [-0.3, -0.25) is 4.79 Å². The maximum atomic E-state index is 12.8. The fourth-order valence-electron chi connectivity index (χ4n) is 2.50. The van der Waals surface area contributed by atoms with Crippen LogP contribution in [0.4, 0.5) is 0 Å². The molecule has 1 aromatic carbocycles. The summed E-state index contributed by atoms with van der Waals surface area (Å²) in [7, 11) is 3.28. The highest BCUT2D eigenvalue weighted by atomic mass is 32.1. The summed E-state index contributed by atoms with van der Waals surface area (Å²) in [4.78, 5) is 19.6. The van der Waals surface area contributed by atoms with E-state index in [9.17, 15) is 4.79 Å². The molecule has 142 valence electrons. The number of hydrogen-bond acceptors (Lipinski definition) is 7. The van der Waals surface area contributed by atoms with E-state index in [1.54, 1.807) is 26.3 Å². The largest absolute Gasteiger partial charge is 0.497 e. The number of hydrogen-bond donors (Lipinski definition) is 0. The predicted octanol–water partition coefficient (Wildman–Crippen LogP) is 3.62. The normalized spacial score (nSPS) is 11.8. The van der Waals surface area contributed by atoms with E-state index in [2.05, 4.69) is 10.1 Å². The number of ether oxygens (including phenoxy) is 2. The minimum absolute atomic E-state index is 0.156. The average Bonchev–Trinajstić information content (AvgIpc) is 3.37. The van der Waals surface area contributed by atoms with Crippen molar-refractivity contribution < 1.29 is 18.8 Å². The number of methoxy groups -OCH3 is 1. The summed E-state index contributed by atoms with van der Waals surface area (Å²) in [6, 6.07) is 11.0. The van der Waals surface area contributed by atoms with E-state index in [1.165, 1.54) is 16.2 Å². The van der Waals surface area contributed by atoms with Crippen LogP contribution in [-0.4, -0.2) is 41.2 Å². The lowest BCUT2D eigenvalue weighted by Crippen LogP contribution is -2.39. The van der Waals surface area contributed by atoms with E-state index in [-0.39, 0.29) is 12.5 Å². The number of aromatic nitrogens is 2. The number of likely N-dealkylation sites (N-methyl/N-ethyl adjacent to an activating group) is 1. The number of amides is 1. The van der Waals surface area contributed by atoms with E-state index in [0.29, 0.717) is 29.6 Å². The molecule has 0 aliphatic rings. The molecule has 0 aliphatic heterocycles. The second-order valence-electron chi connectivity index (χ2n) is 5.88. The molecule has 2 heterocycles. The lowest BCUT2D eigenvalue weighted by atomic mass is 10.2. The number of carbonyl (C=O) groups excluding carboxylic acids is 1. The summed E-state index contributed by atoms with van der Waals surface area (Å²) in [6.45, 7) is 2.12. The monoisotopic (exact) mass is 387 g/mol. The van der Waals surface area contributed by atoms with Crippen LogP contribution >= 0.6 is 11.3 Å². The van der Waals surface area contributed by atoms with Gasteiger partial charge in [0.2, 0.25) is 11.7 Å². The molecule has 0 aliphatic carbocycles. The van der Waals surface area contributed by atoms with Crippen LogP contribution in [0.2, 0.25) is 0 Å². The molecule has 2 aromatic heterocycles. The SMILES string of the molecule is CCC(Oc1cccc(OC)c1)C(=O)N(C)Cc1nc(-c2cccs2)no1.